The molecular weight excluding hydrogens is 238 g/mol. The van der Waals surface area contributed by atoms with Crippen molar-refractivity contribution in [1.82, 2.24) is 5.32 Å². The second kappa shape index (κ2) is 5.69. The maximum atomic E-state index is 6.08. The Morgan fingerprint density at radius 2 is 2.12 bits per heavy atom. The minimum Gasteiger partial charge on any atom is -0.493 e. The zero-order valence-electron chi connectivity index (χ0n) is 9.71. The number of ether oxygens (including phenoxy) is 1. The van der Waals surface area contributed by atoms with E-state index in [1.807, 2.05) is 12.1 Å². The molecule has 0 bridgehead atoms. The lowest BCUT2D eigenvalue weighted by Gasteiger charge is -2.16. The molecule has 2 rings (SSSR count). The maximum absolute atomic E-state index is 6.08. The van der Waals surface area contributed by atoms with Gasteiger partial charge in [0, 0.05) is 42.7 Å². The van der Waals surface area contributed by atoms with Crippen LogP contribution in [0.15, 0.2) is 12.1 Å². The first kappa shape index (κ1) is 12.6. The van der Waals surface area contributed by atoms with E-state index in [1.165, 1.54) is 5.56 Å². The quantitative estimate of drug-likeness (QED) is 0.722. The van der Waals surface area contributed by atoms with Crippen molar-refractivity contribution in [1.29, 1.82) is 0 Å². The highest BCUT2D eigenvalue weighted by atomic mass is 35.5. The van der Waals surface area contributed by atoms with E-state index < -0.39 is 0 Å². The lowest BCUT2D eigenvalue weighted by Crippen LogP contribution is -2.41. The van der Waals surface area contributed by atoms with Crippen LogP contribution in [-0.4, -0.2) is 25.7 Å². The van der Waals surface area contributed by atoms with Gasteiger partial charge in [0.2, 0.25) is 0 Å². The van der Waals surface area contributed by atoms with Crippen molar-refractivity contribution < 1.29 is 4.74 Å². The molecule has 17 heavy (non-hydrogen) atoms. The predicted molar refractivity (Wildman–Crippen MR) is 69.4 cm³/mol. The summed E-state index contributed by atoms with van der Waals surface area (Å²) in [4.78, 5) is 0. The van der Waals surface area contributed by atoms with Gasteiger partial charge in [0.1, 0.15) is 5.75 Å². The smallest absolute Gasteiger partial charge is 0.127 e. The molecule has 0 saturated carbocycles. The summed E-state index contributed by atoms with van der Waals surface area (Å²) < 4.78 is 5.62. The SMILES string of the molecule is NCC(CN)NCc1cc(Cl)cc2c1OCC2. The molecule has 0 amide bonds. The van der Waals surface area contributed by atoms with Crippen LogP contribution in [0.4, 0.5) is 0 Å². The Balaban J connectivity index is 2.10. The van der Waals surface area contributed by atoms with Crippen molar-refractivity contribution in [2.24, 2.45) is 11.5 Å². The summed E-state index contributed by atoms with van der Waals surface area (Å²) in [7, 11) is 0. The van der Waals surface area contributed by atoms with Crippen LogP contribution in [0.25, 0.3) is 0 Å². The molecule has 0 radical (unpaired) electrons. The van der Waals surface area contributed by atoms with E-state index in [0.29, 0.717) is 19.6 Å². The van der Waals surface area contributed by atoms with Crippen LogP contribution in [0, 0.1) is 0 Å². The number of benzene rings is 1. The van der Waals surface area contributed by atoms with E-state index in [4.69, 9.17) is 27.8 Å². The standard InChI is InChI=1S/C12H18ClN3O/c13-10-3-8-1-2-17-12(8)9(4-10)7-16-11(5-14)6-15/h3-4,11,16H,1-2,5-7,14-15H2. The van der Waals surface area contributed by atoms with Gasteiger partial charge in [0.25, 0.3) is 0 Å². The van der Waals surface area contributed by atoms with Gasteiger partial charge in [-0.1, -0.05) is 11.6 Å². The van der Waals surface area contributed by atoms with Gasteiger partial charge >= 0.3 is 0 Å². The average Bonchev–Trinajstić information content (AvgIpc) is 2.78. The second-order valence-electron chi connectivity index (χ2n) is 4.20. The van der Waals surface area contributed by atoms with Gasteiger partial charge in [-0.15, -0.1) is 0 Å². The van der Waals surface area contributed by atoms with E-state index >= 15 is 0 Å². The summed E-state index contributed by atoms with van der Waals surface area (Å²) >= 11 is 6.08. The first-order valence-corrected chi connectivity index (χ1v) is 6.20. The Labute approximate surface area is 106 Å². The molecule has 94 valence electrons. The van der Waals surface area contributed by atoms with Crippen molar-refractivity contribution in [2.45, 2.75) is 19.0 Å². The molecule has 5 heteroatoms. The highest BCUT2D eigenvalue weighted by Gasteiger charge is 2.17. The third kappa shape index (κ3) is 2.90. The fourth-order valence-electron chi connectivity index (χ4n) is 1.99. The molecule has 1 heterocycles. The number of hydrogen-bond acceptors (Lipinski definition) is 4. The Kier molecular flexibility index (Phi) is 4.23. The minimum absolute atomic E-state index is 0.131. The molecular formula is C12H18ClN3O. The molecule has 0 atom stereocenters. The molecule has 0 aromatic heterocycles. The first-order chi connectivity index (χ1) is 8.24. The molecule has 0 spiro atoms. The summed E-state index contributed by atoms with van der Waals surface area (Å²) in [6.45, 7) is 2.47. The lowest BCUT2D eigenvalue weighted by atomic mass is 10.1. The number of halogens is 1. The van der Waals surface area contributed by atoms with Gasteiger partial charge in [-0.3, -0.25) is 0 Å². The van der Waals surface area contributed by atoms with Crippen molar-refractivity contribution >= 4 is 11.6 Å². The largest absolute Gasteiger partial charge is 0.493 e. The van der Waals surface area contributed by atoms with Crippen LogP contribution < -0.4 is 21.5 Å². The molecule has 0 aliphatic carbocycles. The molecule has 1 aliphatic rings. The molecule has 0 saturated heterocycles. The summed E-state index contributed by atoms with van der Waals surface area (Å²) in [6.07, 6.45) is 0.931. The first-order valence-electron chi connectivity index (χ1n) is 5.82. The molecule has 1 aromatic rings. The van der Waals surface area contributed by atoms with Crippen molar-refractivity contribution in [3.63, 3.8) is 0 Å². The number of rotatable bonds is 5. The third-order valence-electron chi connectivity index (χ3n) is 2.98. The van der Waals surface area contributed by atoms with Crippen LogP contribution in [0.5, 0.6) is 5.75 Å². The summed E-state index contributed by atoms with van der Waals surface area (Å²) in [5.74, 6) is 0.967. The normalized spacial score (nSPS) is 13.9. The van der Waals surface area contributed by atoms with Gasteiger partial charge in [0.05, 0.1) is 6.61 Å². The van der Waals surface area contributed by atoms with Crippen molar-refractivity contribution in [3.8, 4) is 5.75 Å². The zero-order valence-corrected chi connectivity index (χ0v) is 10.5. The molecule has 5 N–H and O–H groups in total. The molecule has 0 unspecified atom stereocenters. The fourth-order valence-corrected chi connectivity index (χ4v) is 2.26. The van der Waals surface area contributed by atoms with Gasteiger partial charge in [-0.2, -0.15) is 0 Å². The third-order valence-corrected chi connectivity index (χ3v) is 3.19. The fraction of sp³-hybridized carbons (Fsp3) is 0.500. The average molecular weight is 256 g/mol. The molecule has 4 nitrogen and oxygen atoms in total. The van der Waals surface area contributed by atoms with E-state index in [2.05, 4.69) is 5.32 Å². The number of fused-ring (bicyclic) bond motifs is 1. The number of nitrogens with two attached hydrogens (primary N) is 2. The summed E-state index contributed by atoms with van der Waals surface area (Å²) in [6, 6.07) is 4.03. The predicted octanol–water partition coefficient (Wildman–Crippen LogP) is 0.651. The molecule has 0 fully saturated rings. The van der Waals surface area contributed by atoms with Crippen LogP contribution in [0.1, 0.15) is 11.1 Å². The van der Waals surface area contributed by atoms with Crippen LogP contribution in [-0.2, 0) is 13.0 Å². The van der Waals surface area contributed by atoms with E-state index in [0.717, 1.165) is 29.4 Å². The van der Waals surface area contributed by atoms with E-state index in [-0.39, 0.29) is 6.04 Å². The van der Waals surface area contributed by atoms with Crippen molar-refractivity contribution in [2.75, 3.05) is 19.7 Å². The Morgan fingerprint density at radius 1 is 1.35 bits per heavy atom. The molecule has 1 aliphatic heterocycles. The van der Waals surface area contributed by atoms with E-state index in [9.17, 15) is 0 Å². The number of hydrogen-bond donors (Lipinski definition) is 3. The Morgan fingerprint density at radius 3 is 2.82 bits per heavy atom. The van der Waals surface area contributed by atoms with Crippen LogP contribution in [0.2, 0.25) is 5.02 Å². The van der Waals surface area contributed by atoms with Crippen LogP contribution in [0.3, 0.4) is 0 Å². The highest BCUT2D eigenvalue weighted by Crippen LogP contribution is 2.32. The zero-order chi connectivity index (χ0) is 12.3. The monoisotopic (exact) mass is 255 g/mol. The summed E-state index contributed by atoms with van der Waals surface area (Å²) in [5, 5.41) is 4.06. The van der Waals surface area contributed by atoms with Gasteiger partial charge in [-0.05, 0) is 17.7 Å². The lowest BCUT2D eigenvalue weighted by molar-refractivity contribution is 0.351. The minimum atomic E-state index is 0.131. The van der Waals surface area contributed by atoms with Gasteiger partial charge in [0.15, 0.2) is 0 Å². The Bertz CT molecular complexity index is 394. The van der Waals surface area contributed by atoms with Gasteiger partial charge in [-0.25, -0.2) is 0 Å². The topological polar surface area (TPSA) is 73.3 Å². The summed E-state index contributed by atoms with van der Waals surface area (Å²) in [5.41, 5.74) is 13.4. The van der Waals surface area contributed by atoms with Gasteiger partial charge < -0.3 is 21.5 Å². The number of nitrogens with one attached hydrogen (secondary N) is 1. The van der Waals surface area contributed by atoms with E-state index in [1.54, 1.807) is 0 Å². The second-order valence-corrected chi connectivity index (χ2v) is 4.64. The molecule has 1 aromatic carbocycles. The highest BCUT2D eigenvalue weighted by molar-refractivity contribution is 6.30. The maximum Gasteiger partial charge on any atom is 0.127 e. The van der Waals surface area contributed by atoms with Crippen LogP contribution >= 0.6 is 11.6 Å². The van der Waals surface area contributed by atoms with Crippen molar-refractivity contribution in [3.05, 3.63) is 28.3 Å². The Hall–Kier alpha value is -0.810.